The fourth-order valence-electron chi connectivity index (χ4n) is 2.97. The fourth-order valence-corrected chi connectivity index (χ4v) is 3.49. The third-order valence-corrected chi connectivity index (χ3v) is 5.51. The zero-order valence-corrected chi connectivity index (χ0v) is 19.7. The van der Waals surface area contributed by atoms with Crippen molar-refractivity contribution in [2.45, 2.75) is 52.6 Å². The van der Waals surface area contributed by atoms with Crippen molar-refractivity contribution < 1.29 is 14.3 Å². The summed E-state index contributed by atoms with van der Waals surface area (Å²) in [5, 5.41) is 2.87. The number of rotatable bonds is 10. The van der Waals surface area contributed by atoms with Gasteiger partial charge in [0.25, 0.3) is 5.91 Å². The molecule has 30 heavy (non-hydrogen) atoms. The van der Waals surface area contributed by atoms with Gasteiger partial charge in [-0.3, -0.25) is 9.59 Å². The van der Waals surface area contributed by atoms with E-state index in [0.717, 1.165) is 16.5 Å². The van der Waals surface area contributed by atoms with Crippen molar-refractivity contribution in [2.75, 3.05) is 13.2 Å². The van der Waals surface area contributed by atoms with E-state index in [-0.39, 0.29) is 18.4 Å². The van der Waals surface area contributed by atoms with Crippen LogP contribution in [-0.4, -0.2) is 35.9 Å². The van der Waals surface area contributed by atoms with E-state index in [1.165, 1.54) is 5.56 Å². The summed E-state index contributed by atoms with van der Waals surface area (Å²) in [4.78, 5) is 27.1. The molecule has 0 aliphatic heterocycles. The van der Waals surface area contributed by atoms with Gasteiger partial charge in [0.15, 0.2) is 6.61 Å². The zero-order chi connectivity index (χ0) is 22.1. The Hall–Kier alpha value is -2.34. The summed E-state index contributed by atoms with van der Waals surface area (Å²) in [5.74, 6) is 0.609. The molecule has 0 aliphatic rings. The quantitative estimate of drug-likeness (QED) is 0.532. The molecule has 0 spiro atoms. The maximum atomic E-state index is 13.0. The molecule has 2 amide bonds. The summed E-state index contributed by atoms with van der Waals surface area (Å²) in [7, 11) is 0. The molecule has 0 unspecified atom stereocenters. The van der Waals surface area contributed by atoms with Crippen LogP contribution in [0, 0.1) is 0 Å². The molecule has 0 aliphatic carbocycles. The number of benzene rings is 2. The SMILES string of the molecule is CCCNC(=O)[C@@H](C)N(Cc1ccccc1)C(=O)COc1ccc(C(C)C)cc1Br. The van der Waals surface area contributed by atoms with E-state index in [1.807, 2.05) is 55.5 Å². The van der Waals surface area contributed by atoms with Crippen molar-refractivity contribution in [3.05, 3.63) is 64.1 Å². The van der Waals surface area contributed by atoms with Crippen molar-refractivity contribution in [3.63, 3.8) is 0 Å². The minimum atomic E-state index is -0.598. The first-order valence-electron chi connectivity index (χ1n) is 10.4. The lowest BCUT2D eigenvalue weighted by molar-refractivity contribution is -0.142. The number of carbonyl (C=O) groups excluding carboxylic acids is 2. The second-order valence-electron chi connectivity index (χ2n) is 7.61. The van der Waals surface area contributed by atoms with Crippen LogP contribution in [0.25, 0.3) is 0 Å². The maximum absolute atomic E-state index is 13.0. The molecule has 0 aromatic heterocycles. The van der Waals surface area contributed by atoms with Gasteiger partial charge in [-0.1, -0.05) is 57.2 Å². The van der Waals surface area contributed by atoms with Crippen molar-refractivity contribution >= 4 is 27.7 Å². The standard InChI is InChI=1S/C24H31BrN2O3/c1-5-13-26-24(29)18(4)27(15-19-9-7-6-8-10-19)23(28)16-30-22-12-11-20(17(2)3)14-21(22)25/h6-12,14,17-18H,5,13,15-16H2,1-4H3,(H,26,29)/t18-/m1/s1. The van der Waals surface area contributed by atoms with Gasteiger partial charge in [0.05, 0.1) is 4.47 Å². The van der Waals surface area contributed by atoms with E-state index < -0.39 is 6.04 Å². The number of carbonyl (C=O) groups is 2. The van der Waals surface area contributed by atoms with E-state index in [4.69, 9.17) is 4.74 Å². The fraction of sp³-hybridized carbons (Fsp3) is 0.417. The van der Waals surface area contributed by atoms with Crippen LogP contribution in [0.5, 0.6) is 5.75 Å². The van der Waals surface area contributed by atoms with Crippen LogP contribution >= 0.6 is 15.9 Å². The van der Waals surface area contributed by atoms with E-state index in [2.05, 4.69) is 35.1 Å². The van der Waals surface area contributed by atoms with Crippen molar-refractivity contribution in [1.82, 2.24) is 10.2 Å². The van der Waals surface area contributed by atoms with Gasteiger partial charge in [0, 0.05) is 13.1 Å². The molecular formula is C24H31BrN2O3. The Labute approximate surface area is 187 Å². The highest BCUT2D eigenvalue weighted by Crippen LogP contribution is 2.29. The first kappa shape index (κ1) is 23.9. The number of nitrogens with one attached hydrogen (secondary N) is 1. The Bertz CT molecular complexity index is 840. The summed E-state index contributed by atoms with van der Waals surface area (Å²) in [6, 6.07) is 14.9. The minimum absolute atomic E-state index is 0.141. The van der Waals surface area contributed by atoms with Gasteiger partial charge in [-0.25, -0.2) is 0 Å². The van der Waals surface area contributed by atoms with Gasteiger partial charge in [0.2, 0.25) is 5.91 Å². The van der Waals surface area contributed by atoms with Crippen LogP contribution in [0.4, 0.5) is 0 Å². The molecule has 2 rings (SSSR count). The molecule has 0 bridgehead atoms. The van der Waals surface area contributed by atoms with Gasteiger partial charge in [-0.05, 0) is 58.5 Å². The lowest BCUT2D eigenvalue weighted by Crippen LogP contribution is -2.49. The number of hydrogen-bond acceptors (Lipinski definition) is 3. The predicted molar refractivity (Wildman–Crippen MR) is 123 cm³/mol. The number of ether oxygens (including phenoxy) is 1. The summed E-state index contributed by atoms with van der Waals surface area (Å²) < 4.78 is 6.60. The van der Waals surface area contributed by atoms with Crippen molar-refractivity contribution in [1.29, 1.82) is 0 Å². The van der Waals surface area contributed by atoms with Crippen molar-refractivity contribution in [2.24, 2.45) is 0 Å². The molecule has 0 heterocycles. The Morgan fingerprint density at radius 2 is 1.80 bits per heavy atom. The highest BCUT2D eigenvalue weighted by Gasteiger charge is 2.26. The molecular weight excluding hydrogens is 444 g/mol. The van der Waals surface area contributed by atoms with E-state index >= 15 is 0 Å². The highest BCUT2D eigenvalue weighted by molar-refractivity contribution is 9.10. The molecule has 1 atom stereocenters. The second kappa shape index (κ2) is 11.7. The summed E-state index contributed by atoms with van der Waals surface area (Å²) >= 11 is 3.52. The average Bonchev–Trinajstić information content (AvgIpc) is 2.74. The monoisotopic (exact) mass is 474 g/mol. The summed E-state index contributed by atoms with van der Waals surface area (Å²) in [6.45, 7) is 8.78. The minimum Gasteiger partial charge on any atom is -0.483 e. The number of nitrogens with zero attached hydrogens (tertiary/aromatic N) is 1. The third kappa shape index (κ3) is 6.87. The van der Waals surface area contributed by atoms with Crippen molar-refractivity contribution in [3.8, 4) is 5.75 Å². The Kier molecular flexibility index (Phi) is 9.37. The molecule has 5 nitrogen and oxygen atoms in total. The Morgan fingerprint density at radius 3 is 2.40 bits per heavy atom. The van der Waals surface area contributed by atoms with Crippen LogP contribution in [0.15, 0.2) is 53.0 Å². The van der Waals surface area contributed by atoms with Gasteiger partial charge >= 0.3 is 0 Å². The molecule has 162 valence electrons. The number of hydrogen-bond donors (Lipinski definition) is 1. The normalized spacial score (nSPS) is 11.8. The maximum Gasteiger partial charge on any atom is 0.261 e. The molecule has 0 radical (unpaired) electrons. The molecule has 0 saturated heterocycles. The second-order valence-corrected chi connectivity index (χ2v) is 8.46. The van der Waals surface area contributed by atoms with Gasteiger partial charge < -0.3 is 15.0 Å². The van der Waals surface area contributed by atoms with Crippen LogP contribution in [-0.2, 0) is 16.1 Å². The lowest BCUT2D eigenvalue weighted by atomic mass is 10.0. The number of halogens is 1. The molecule has 0 fully saturated rings. The van der Waals surface area contributed by atoms with Gasteiger partial charge in [-0.15, -0.1) is 0 Å². The number of amides is 2. The molecule has 2 aromatic rings. The molecule has 1 N–H and O–H groups in total. The molecule has 6 heteroatoms. The average molecular weight is 475 g/mol. The summed E-state index contributed by atoms with van der Waals surface area (Å²) in [6.07, 6.45) is 0.842. The van der Waals surface area contributed by atoms with Crippen LogP contribution in [0.1, 0.15) is 51.2 Å². The molecule has 2 aromatic carbocycles. The first-order valence-corrected chi connectivity index (χ1v) is 11.2. The van der Waals surface area contributed by atoms with E-state index in [0.29, 0.717) is 24.8 Å². The zero-order valence-electron chi connectivity index (χ0n) is 18.2. The predicted octanol–water partition coefficient (Wildman–Crippen LogP) is 4.89. The van der Waals surface area contributed by atoms with Crippen LogP contribution in [0.2, 0.25) is 0 Å². The third-order valence-electron chi connectivity index (χ3n) is 4.89. The molecule has 0 saturated carbocycles. The topological polar surface area (TPSA) is 58.6 Å². The van der Waals surface area contributed by atoms with Crippen LogP contribution in [0.3, 0.4) is 0 Å². The Balaban J connectivity index is 2.12. The largest absolute Gasteiger partial charge is 0.483 e. The van der Waals surface area contributed by atoms with E-state index in [9.17, 15) is 9.59 Å². The Morgan fingerprint density at radius 1 is 1.10 bits per heavy atom. The highest BCUT2D eigenvalue weighted by atomic mass is 79.9. The lowest BCUT2D eigenvalue weighted by Gasteiger charge is -2.28. The summed E-state index contributed by atoms with van der Waals surface area (Å²) in [5.41, 5.74) is 2.15. The van der Waals surface area contributed by atoms with Gasteiger partial charge in [-0.2, -0.15) is 0 Å². The van der Waals surface area contributed by atoms with E-state index in [1.54, 1.807) is 11.8 Å². The first-order chi connectivity index (χ1) is 14.3. The smallest absolute Gasteiger partial charge is 0.261 e. The van der Waals surface area contributed by atoms with Gasteiger partial charge in [0.1, 0.15) is 11.8 Å². The van der Waals surface area contributed by atoms with Crippen LogP contribution < -0.4 is 10.1 Å².